The van der Waals surface area contributed by atoms with Gasteiger partial charge in [0.15, 0.2) is 0 Å². The summed E-state index contributed by atoms with van der Waals surface area (Å²) in [6, 6.07) is 2.00. The van der Waals surface area contributed by atoms with Crippen molar-refractivity contribution in [3.63, 3.8) is 0 Å². The maximum Gasteiger partial charge on any atom is 0.0951 e. The average molecular weight is 262 g/mol. The van der Waals surface area contributed by atoms with Gasteiger partial charge >= 0.3 is 0 Å². The van der Waals surface area contributed by atoms with Gasteiger partial charge in [0.25, 0.3) is 0 Å². The first-order chi connectivity index (χ1) is 9.24. The highest BCUT2D eigenvalue weighted by Gasteiger charge is 2.27. The largest absolute Gasteiger partial charge is 0.330 e. The maximum absolute atomic E-state index is 4.35. The van der Waals surface area contributed by atoms with E-state index in [9.17, 15) is 0 Å². The van der Waals surface area contributed by atoms with Crippen molar-refractivity contribution in [2.24, 2.45) is 0 Å². The first-order valence-electron chi connectivity index (χ1n) is 7.72. The van der Waals surface area contributed by atoms with Gasteiger partial charge in [0.2, 0.25) is 0 Å². The number of imidazole rings is 1. The Balaban J connectivity index is 1.64. The second kappa shape index (κ2) is 5.63. The van der Waals surface area contributed by atoms with E-state index < -0.39 is 0 Å². The summed E-state index contributed by atoms with van der Waals surface area (Å²) < 4.78 is 2.39. The molecular formula is C15H26N4. The minimum absolute atomic E-state index is 0.588. The van der Waals surface area contributed by atoms with Crippen molar-refractivity contribution in [3.05, 3.63) is 18.2 Å². The molecule has 2 heterocycles. The molecule has 0 aromatic carbocycles. The molecule has 1 aliphatic heterocycles. The molecule has 106 valence electrons. The topological polar surface area (TPSA) is 33.1 Å². The van der Waals surface area contributed by atoms with Crippen molar-refractivity contribution in [1.29, 1.82) is 0 Å². The lowest BCUT2D eigenvalue weighted by atomic mass is 10.2. The Morgan fingerprint density at radius 3 is 2.89 bits per heavy atom. The van der Waals surface area contributed by atoms with Crippen LogP contribution in [0.2, 0.25) is 0 Å². The van der Waals surface area contributed by atoms with Gasteiger partial charge < -0.3 is 9.88 Å². The second-order valence-electron chi connectivity index (χ2n) is 6.34. The Hall–Kier alpha value is -0.870. The molecule has 0 spiro atoms. The average Bonchev–Trinajstić information content (AvgIpc) is 2.90. The number of hydrogen-bond donors (Lipinski definition) is 1. The molecule has 1 aromatic heterocycles. The molecule has 1 saturated carbocycles. The van der Waals surface area contributed by atoms with Crippen molar-refractivity contribution >= 4 is 0 Å². The van der Waals surface area contributed by atoms with Crippen molar-refractivity contribution in [2.45, 2.75) is 64.2 Å². The standard InChI is InChI=1S/C15H26N4/c1-12(2)18(9-13-4-3-7-17-13)10-15-8-16-11-19(15)14-5-6-14/h8,11-14,17H,3-7,9-10H2,1-2H3. The van der Waals surface area contributed by atoms with E-state index in [-0.39, 0.29) is 0 Å². The predicted octanol–water partition coefficient (Wildman–Crippen LogP) is 2.18. The van der Waals surface area contributed by atoms with E-state index >= 15 is 0 Å². The fraction of sp³-hybridized carbons (Fsp3) is 0.800. The molecule has 2 fully saturated rings. The maximum atomic E-state index is 4.35. The lowest BCUT2D eigenvalue weighted by Crippen LogP contribution is -2.41. The quantitative estimate of drug-likeness (QED) is 0.853. The summed E-state index contributed by atoms with van der Waals surface area (Å²) in [6.07, 6.45) is 9.38. The van der Waals surface area contributed by atoms with Crippen LogP contribution in [0.5, 0.6) is 0 Å². The van der Waals surface area contributed by atoms with E-state index in [1.807, 2.05) is 6.33 Å². The van der Waals surface area contributed by atoms with Gasteiger partial charge in [-0.2, -0.15) is 0 Å². The minimum Gasteiger partial charge on any atom is -0.330 e. The second-order valence-corrected chi connectivity index (χ2v) is 6.34. The molecule has 1 N–H and O–H groups in total. The smallest absolute Gasteiger partial charge is 0.0951 e. The van der Waals surface area contributed by atoms with Crippen LogP contribution >= 0.6 is 0 Å². The molecule has 2 aliphatic rings. The summed E-state index contributed by atoms with van der Waals surface area (Å²) in [6.45, 7) is 7.98. The highest BCUT2D eigenvalue weighted by Crippen LogP contribution is 2.35. The zero-order valence-electron chi connectivity index (χ0n) is 12.2. The Bertz CT molecular complexity index is 402. The van der Waals surface area contributed by atoms with Crippen molar-refractivity contribution in [3.8, 4) is 0 Å². The third-order valence-corrected chi connectivity index (χ3v) is 4.40. The summed E-state index contributed by atoms with van der Waals surface area (Å²) in [4.78, 5) is 6.93. The van der Waals surface area contributed by atoms with Gasteiger partial charge in [0, 0.05) is 37.4 Å². The van der Waals surface area contributed by atoms with Gasteiger partial charge in [-0.3, -0.25) is 4.90 Å². The monoisotopic (exact) mass is 262 g/mol. The van der Waals surface area contributed by atoms with E-state index in [1.165, 1.54) is 37.9 Å². The van der Waals surface area contributed by atoms with Crippen LogP contribution in [0.4, 0.5) is 0 Å². The van der Waals surface area contributed by atoms with Gasteiger partial charge in [-0.15, -0.1) is 0 Å². The van der Waals surface area contributed by atoms with E-state index in [2.05, 4.69) is 39.8 Å². The Morgan fingerprint density at radius 2 is 2.26 bits per heavy atom. The predicted molar refractivity (Wildman–Crippen MR) is 77.1 cm³/mol. The zero-order chi connectivity index (χ0) is 13.2. The van der Waals surface area contributed by atoms with E-state index in [0.29, 0.717) is 12.1 Å². The fourth-order valence-corrected chi connectivity index (χ4v) is 3.00. The molecule has 0 radical (unpaired) electrons. The molecule has 0 bridgehead atoms. The molecule has 1 saturated heterocycles. The van der Waals surface area contributed by atoms with Gasteiger partial charge in [0.1, 0.15) is 0 Å². The SMILES string of the molecule is CC(C)N(Cc1cncn1C1CC1)CC1CCCN1. The number of rotatable bonds is 6. The molecule has 1 unspecified atom stereocenters. The van der Waals surface area contributed by atoms with Gasteiger partial charge in [-0.1, -0.05) is 0 Å². The first-order valence-corrected chi connectivity index (χ1v) is 7.72. The summed E-state index contributed by atoms with van der Waals surface area (Å²) in [5, 5.41) is 3.61. The van der Waals surface area contributed by atoms with Crippen LogP contribution < -0.4 is 5.32 Å². The summed E-state index contributed by atoms with van der Waals surface area (Å²) in [5.74, 6) is 0. The van der Waals surface area contributed by atoms with Gasteiger partial charge in [-0.05, 0) is 46.1 Å². The summed E-state index contributed by atoms with van der Waals surface area (Å²) in [7, 11) is 0. The molecule has 4 nitrogen and oxygen atoms in total. The normalized spacial score (nSPS) is 23.7. The van der Waals surface area contributed by atoms with Crippen molar-refractivity contribution in [1.82, 2.24) is 19.8 Å². The third kappa shape index (κ3) is 3.18. The van der Waals surface area contributed by atoms with Gasteiger partial charge in [0.05, 0.1) is 12.0 Å². The van der Waals surface area contributed by atoms with Crippen LogP contribution in [0.3, 0.4) is 0 Å². The van der Waals surface area contributed by atoms with Crippen LogP contribution in [0.15, 0.2) is 12.5 Å². The fourth-order valence-electron chi connectivity index (χ4n) is 3.00. The molecule has 19 heavy (non-hydrogen) atoms. The van der Waals surface area contributed by atoms with Crippen LogP contribution in [0, 0.1) is 0 Å². The van der Waals surface area contributed by atoms with Crippen molar-refractivity contribution in [2.75, 3.05) is 13.1 Å². The third-order valence-electron chi connectivity index (χ3n) is 4.40. The number of nitrogens with one attached hydrogen (secondary N) is 1. The summed E-state index contributed by atoms with van der Waals surface area (Å²) >= 11 is 0. The Labute approximate surface area is 116 Å². The van der Waals surface area contributed by atoms with E-state index in [0.717, 1.165) is 19.1 Å². The lowest BCUT2D eigenvalue weighted by Gasteiger charge is -2.29. The van der Waals surface area contributed by atoms with Crippen LogP contribution in [0.25, 0.3) is 0 Å². The molecular weight excluding hydrogens is 236 g/mol. The molecule has 1 aliphatic carbocycles. The zero-order valence-corrected chi connectivity index (χ0v) is 12.2. The Kier molecular flexibility index (Phi) is 3.89. The molecule has 3 rings (SSSR count). The van der Waals surface area contributed by atoms with Gasteiger partial charge in [-0.25, -0.2) is 4.98 Å². The van der Waals surface area contributed by atoms with Crippen LogP contribution in [-0.2, 0) is 6.54 Å². The Morgan fingerprint density at radius 1 is 1.42 bits per heavy atom. The number of hydrogen-bond acceptors (Lipinski definition) is 3. The van der Waals surface area contributed by atoms with E-state index in [4.69, 9.17) is 0 Å². The molecule has 1 atom stereocenters. The highest BCUT2D eigenvalue weighted by atomic mass is 15.2. The van der Waals surface area contributed by atoms with Crippen LogP contribution in [-0.4, -0.2) is 39.6 Å². The molecule has 4 heteroatoms. The van der Waals surface area contributed by atoms with Crippen LogP contribution in [0.1, 0.15) is 51.3 Å². The number of nitrogens with zero attached hydrogens (tertiary/aromatic N) is 3. The highest BCUT2D eigenvalue weighted by molar-refractivity contribution is 5.04. The molecule has 1 aromatic rings. The van der Waals surface area contributed by atoms with E-state index in [1.54, 1.807) is 0 Å². The summed E-state index contributed by atoms with van der Waals surface area (Å²) in [5.41, 5.74) is 1.38. The lowest BCUT2D eigenvalue weighted by molar-refractivity contribution is 0.189. The number of aromatic nitrogens is 2. The molecule has 0 amide bonds. The minimum atomic E-state index is 0.588. The van der Waals surface area contributed by atoms with Crippen molar-refractivity contribution < 1.29 is 0 Å². The first kappa shape index (κ1) is 13.1.